The van der Waals surface area contributed by atoms with Crippen molar-refractivity contribution in [2.24, 2.45) is 5.41 Å². The van der Waals surface area contributed by atoms with Crippen LogP contribution in [-0.2, 0) is 4.79 Å². The van der Waals surface area contributed by atoms with E-state index in [0.29, 0.717) is 10.6 Å². The number of hydrogen-bond donors (Lipinski definition) is 1. The molecular weight excluding hydrogens is 253 g/mol. The molecule has 1 aromatic carbocycles. The van der Waals surface area contributed by atoms with Crippen molar-refractivity contribution < 1.29 is 14.3 Å². The zero-order valence-corrected chi connectivity index (χ0v) is 10.5. The number of nitrogens with zero attached hydrogens (tertiary/aromatic N) is 1. The molecule has 2 rings (SSSR count). The van der Waals surface area contributed by atoms with Crippen LogP contribution in [0.3, 0.4) is 0 Å². The SMILES string of the molecule is N#Cc1c(F)cccc1SCC1(CC(=O)O)CC1. The van der Waals surface area contributed by atoms with Gasteiger partial charge in [-0.3, -0.25) is 4.79 Å². The number of carboxylic acids is 1. The Morgan fingerprint density at radius 3 is 2.83 bits per heavy atom. The first-order valence-corrected chi connectivity index (χ1v) is 6.58. The number of halogens is 1. The molecule has 0 unspecified atom stereocenters. The molecule has 0 amide bonds. The average Bonchev–Trinajstić information content (AvgIpc) is 3.06. The van der Waals surface area contributed by atoms with Gasteiger partial charge in [-0.1, -0.05) is 6.07 Å². The van der Waals surface area contributed by atoms with E-state index >= 15 is 0 Å². The van der Waals surface area contributed by atoms with Crippen molar-refractivity contribution in [2.75, 3.05) is 5.75 Å². The van der Waals surface area contributed by atoms with Gasteiger partial charge in [0, 0.05) is 10.6 Å². The van der Waals surface area contributed by atoms with Crippen LogP contribution < -0.4 is 0 Å². The highest BCUT2D eigenvalue weighted by atomic mass is 32.2. The molecule has 94 valence electrons. The molecule has 0 saturated heterocycles. The van der Waals surface area contributed by atoms with Gasteiger partial charge in [0.05, 0.1) is 6.42 Å². The predicted octanol–water partition coefficient (Wildman–Crippen LogP) is 3.04. The van der Waals surface area contributed by atoms with Gasteiger partial charge in [0.15, 0.2) is 0 Å². The van der Waals surface area contributed by atoms with Gasteiger partial charge in [-0.15, -0.1) is 11.8 Å². The van der Waals surface area contributed by atoms with Crippen LogP contribution in [0.5, 0.6) is 0 Å². The Morgan fingerprint density at radius 1 is 1.56 bits per heavy atom. The number of carboxylic acid groups (broad SMARTS) is 1. The number of hydrogen-bond acceptors (Lipinski definition) is 3. The molecule has 3 nitrogen and oxygen atoms in total. The molecule has 1 saturated carbocycles. The van der Waals surface area contributed by atoms with E-state index in [1.54, 1.807) is 12.1 Å². The van der Waals surface area contributed by atoms with Crippen LogP contribution in [0.25, 0.3) is 0 Å². The van der Waals surface area contributed by atoms with E-state index in [1.807, 2.05) is 6.07 Å². The second kappa shape index (κ2) is 4.99. The van der Waals surface area contributed by atoms with Crippen molar-refractivity contribution >= 4 is 17.7 Å². The number of benzene rings is 1. The maximum absolute atomic E-state index is 13.4. The Morgan fingerprint density at radius 2 is 2.28 bits per heavy atom. The van der Waals surface area contributed by atoms with Crippen molar-refractivity contribution in [3.05, 3.63) is 29.6 Å². The van der Waals surface area contributed by atoms with Gasteiger partial charge in [-0.2, -0.15) is 5.26 Å². The monoisotopic (exact) mass is 265 g/mol. The number of carbonyl (C=O) groups is 1. The van der Waals surface area contributed by atoms with Crippen LogP contribution in [0.1, 0.15) is 24.8 Å². The second-order valence-electron chi connectivity index (χ2n) is 4.58. The zero-order chi connectivity index (χ0) is 13.2. The third-order valence-corrected chi connectivity index (χ3v) is 4.51. The van der Waals surface area contributed by atoms with Crippen molar-refractivity contribution in [2.45, 2.75) is 24.2 Å². The maximum Gasteiger partial charge on any atom is 0.303 e. The minimum atomic E-state index is -0.798. The molecule has 1 aliphatic rings. The van der Waals surface area contributed by atoms with Crippen LogP contribution in [0, 0.1) is 22.6 Å². The van der Waals surface area contributed by atoms with E-state index in [1.165, 1.54) is 17.8 Å². The second-order valence-corrected chi connectivity index (χ2v) is 5.60. The summed E-state index contributed by atoms with van der Waals surface area (Å²) in [7, 11) is 0. The van der Waals surface area contributed by atoms with Gasteiger partial charge < -0.3 is 5.11 Å². The third kappa shape index (κ3) is 2.82. The summed E-state index contributed by atoms with van der Waals surface area (Å²) in [6, 6.07) is 6.37. The summed E-state index contributed by atoms with van der Waals surface area (Å²) in [6.45, 7) is 0. The first-order chi connectivity index (χ1) is 8.56. The highest BCUT2D eigenvalue weighted by Gasteiger charge is 2.44. The van der Waals surface area contributed by atoms with Crippen LogP contribution in [0.2, 0.25) is 0 Å². The molecule has 5 heteroatoms. The minimum absolute atomic E-state index is 0.0497. The maximum atomic E-state index is 13.4. The summed E-state index contributed by atoms with van der Waals surface area (Å²) in [5.74, 6) is -0.698. The Kier molecular flexibility index (Phi) is 3.58. The van der Waals surface area contributed by atoms with Crippen LogP contribution >= 0.6 is 11.8 Å². The van der Waals surface area contributed by atoms with Gasteiger partial charge in [0.2, 0.25) is 0 Å². The third-order valence-electron chi connectivity index (χ3n) is 3.10. The Labute approximate surface area is 109 Å². The minimum Gasteiger partial charge on any atom is -0.481 e. The average molecular weight is 265 g/mol. The molecule has 0 bridgehead atoms. The Hall–Kier alpha value is -1.54. The predicted molar refractivity (Wildman–Crippen MR) is 65.8 cm³/mol. The fourth-order valence-corrected chi connectivity index (χ4v) is 3.15. The molecule has 18 heavy (non-hydrogen) atoms. The van der Waals surface area contributed by atoms with Gasteiger partial charge >= 0.3 is 5.97 Å². The van der Waals surface area contributed by atoms with Gasteiger partial charge in [-0.25, -0.2) is 4.39 Å². The van der Waals surface area contributed by atoms with E-state index < -0.39 is 11.8 Å². The lowest BCUT2D eigenvalue weighted by Gasteiger charge is -2.12. The van der Waals surface area contributed by atoms with Crippen LogP contribution in [-0.4, -0.2) is 16.8 Å². The molecule has 0 aromatic heterocycles. The zero-order valence-electron chi connectivity index (χ0n) is 9.65. The number of rotatable bonds is 5. The van der Waals surface area contributed by atoms with E-state index in [4.69, 9.17) is 10.4 Å². The fourth-order valence-electron chi connectivity index (χ4n) is 1.83. The quantitative estimate of drug-likeness (QED) is 0.831. The van der Waals surface area contributed by atoms with Crippen LogP contribution in [0.4, 0.5) is 4.39 Å². The first kappa shape index (κ1) is 12.9. The van der Waals surface area contributed by atoms with Gasteiger partial charge in [-0.05, 0) is 30.4 Å². The van der Waals surface area contributed by atoms with E-state index in [-0.39, 0.29) is 17.4 Å². The summed E-state index contributed by atoms with van der Waals surface area (Å²) in [5, 5.41) is 17.7. The smallest absolute Gasteiger partial charge is 0.303 e. The number of aliphatic carboxylic acids is 1. The van der Waals surface area contributed by atoms with Crippen LogP contribution in [0.15, 0.2) is 23.1 Å². The topological polar surface area (TPSA) is 61.1 Å². The van der Waals surface area contributed by atoms with E-state index in [0.717, 1.165) is 12.8 Å². The largest absolute Gasteiger partial charge is 0.481 e. The van der Waals surface area contributed by atoms with Crippen molar-refractivity contribution in [3.63, 3.8) is 0 Å². The summed E-state index contributed by atoms with van der Waals surface area (Å²) in [6.07, 6.45) is 1.93. The number of thioether (sulfide) groups is 1. The molecule has 1 aromatic rings. The van der Waals surface area contributed by atoms with Crippen molar-refractivity contribution in [1.82, 2.24) is 0 Å². The molecule has 1 N–H and O–H groups in total. The summed E-state index contributed by atoms with van der Waals surface area (Å²) in [4.78, 5) is 11.3. The highest BCUT2D eigenvalue weighted by Crippen LogP contribution is 2.52. The lowest BCUT2D eigenvalue weighted by molar-refractivity contribution is -0.138. The molecule has 0 spiro atoms. The van der Waals surface area contributed by atoms with E-state index in [9.17, 15) is 9.18 Å². The molecule has 0 heterocycles. The molecule has 1 aliphatic carbocycles. The van der Waals surface area contributed by atoms with Gasteiger partial charge in [0.1, 0.15) is 17.4 Å². The summed E-state index contributed by atoms with van der Waals surface area (Å²) in [5.41, 5.74) is -0.108. The standard InChI is InChI=1S/C13H12FNO2S/c14-10-2-1-3-11(9(10)7-15)18-8-13(4-5-13)6-12(16)17/h1-3H,4-6,8H2,(H,16,17). The summed E-state index contributed by atoms with van der Waals surface area (Å²) < 4.78 is 13.4. The first-order valence-electron chi connectivity index (χ1n) is 5.59. The number of nitriles is 1. The lowest BCUT2D eigenvalue weighted by Crippen LogP contribution is -2.11. The molecule has 0 aliphatic heterocycles. The molecule has 0 radical (unpaired) electrons. The Bertz CT molecular complexity index is 520. The molecule has 0 atom stereocenters. The molecule has 1 fully saturated rings. The molecular formula is C13H12FNO2S. The normalized spacial score (nSPS) is 16.0. The highest BCUT2D eigenvalue weighted by molar-refractivity contribution is 7.99. The van der Waals surface area contributed by atoms with Crippen molar-refractivity contribution in [3.8, 4) is 6.07 Å². The van der Waals surface area contributed by atoms with E-state index in [2.05, 4.69) is 0 Å². The summed E-state index contributed by atoms with van der Waals surface area (Å²) >= 11 is 1.37. The lowest BCUT2D eigenvalue weighted by atomic mass is 10.1. The van der Waals surface area contributed by atoms with Gasteiger partial charge in [0.25, 0.3) is 0 Å². The fraction of sp³-hybridized carbons (Fsp3) is 0.385. The van der Waals surface area contributed by atoms with Crippen molar-refractivity contribution in [1.29, 1.82) is 5.26 Å². The Balaban J connectivity index is 2.05.